The van der Waals surface area contributed by atoms with E-state index in [0.29, 0.717) is 24.4 Å². The first kappa shape index (κ1) is 19.2. The van der Waals surface area contributed by atoms with E-state index in [9.17, 15) is 4.79 Å². The highest BCUT2D eigenvalue weighted by molar-refractivity contribution is 5.95. The predicted molar refractivity (Wildman–Crippen MR) is 101 cm³/mol. The van der Waals surface area contributed by atoms with Crippen molar-refractivity contribution in [2.75, 3.05) is 11.9 Å². The fourth-order valence-corrected chi connectivity index (χ4v) is 2.68. The average Bonchev–Trinajstić information content (AvgIpc) is 3.08. The van der Waals surface area contributed by atoms with Gasteiger partial charge in [-0.1, -0.05) is 29.8 Å². The van der Waals surface area contributed by atoms with E-state index in [2.05, 4.69) is 5.32 Å². The summed E-state index contributed by atoms with van der Waals surface area (Å²) in [7, 11) is 0. The first-order chi connectivity index (χ1) is 11.7. The van der Waals surface area contributed by atoms with Crippen LogP contribution in [0.1, 0.15) is 18.4 Å². The van der Waals surface area contributed by atoms with Crippen LogP contribution in [-0.4, -0.2) is 24.7 Å². The number of benzene rings is 2. The van der Waals surface area contributed by atoms with Crippen LogP contribution in [-0.2, 0) is 9.53 Å². The molecule has 0 bridgehead atoms. The van der Waals surface area contributed by atoms with Gasteiger partial charge in [-0.2, -0.15) is 0 Å². The highest BCUT2D eigenvalue weighted by Crippen LogP contribution is 2.30. The molecule has 2 aromatic rings. The number of amides is 1. The zero-order valence-electron chi connectivity index (χ0n) is 14.1. The average molecular weight is 363 g/mol. The summed E-state index contributed by atoms with van der Waals surface area (Å²) < 4.78 is 11.5. The number of hydrogen-bond donors (Lipinski definition) is 2. The molecule has 3 rings (SSSR count). The molecule has 5 nitrogen and oxygen atoms in total. The second-order valence-corrected chi connectivity index (χ2v) is 5.96. The van der Waals surface area contributed by atoms with Gasteiger partial charge in [0.05, 0.1) is 11.8 Å². The van der Waals surface area contributed by atoms with Crippen molar-refractivity contribution in [2.45, 2.75) is 32.0 Å². The molecule has 1 aliphatic rings. The maximum absolute atomic E-state index is 12.4. The topological polar surface area (TPSA) is 73.6 Å². The molecule has 0 spiro atoms. The van der Waals surface area contributed by atoms with Gasteiger partial charge in [-0.25, -0.2) is 0 Å². The molecule has 1 amide bonds. The van der Waals surface area contributed by atoms with Gasteiger partial charge in [-0.05, 0) is 44.0 Å². The number of nitrogens with two attached hydrogens (primary N) is 1. The summed E-state index contributed by atoms with van der Waals surface area (Å²) in [6, 6.07) is 15.1. The molecular formula is C19H23ClN2O3. The molecule has 134 valence electrons. The number of anilines is 1. The van der Waals surface area contributed by atoms with Crippen LogP contribution in [0.4, 0.5) is 5.69 Å². The lowest BCUT2D eigenvalue weighted by Crippen LogP contribution is -2.29. The number of hydrogen-bond acceptors (Lipinski definition) is 4. The zero-order chi connectivity index (χ0) is 16.9. The van der Waals surface area contributed by atoms with Crippen LogP contribution in [0, 0.1) is 6.92 Å². The Hall–Kier alpha value is -2.08. The van der Waals surface area contributed by atoms with E-state index in [0.717, 1.165) is 17.7 Å². The Morgan fingerprint density at radius 2 is 1.92 bits per heavy atom. The predicted octanol–water partition coefficient (Wildman–Crippen LogP) is 3.65. The smallest absolute Gasteiger partial charge is 0.253 e. The molecule has 2 atom stereocenters. The van der Waals surface area contributed by atoms with E-state index < -0.39 is 6.10 Å². The lowest BCUT2D eigenvalue weighted by molar-refractivity contribution is -0.126. The Morgan fingerprint density at radius 3 is 2.60 bits per heavy atom. The first-order valence-corrected chi connectivity index (χ1v) is 8.15. The van der Waals surface area contributed by atoms with Gasteiger partial charge < -0.3 is 20.5 Å². The van der Waals surface area contributed by atoms with Crippen molar-refractivity contribution >= 4 is 24.0 Å². The third-order valence-corrected chi connectivity index (χ3v) is 4.06. The highest BCUT2D eigenvalue weighted by Gasteiger charge is 2.30. The van der Waals surface area contributed by atoms with E-state index in [1.165, 1.54) is 0 Å². The van der Waals surface area contributed by atoms with Crippen LogP contribution < -0.4 is 15.8 Å². The van der Waals surface area contributed by atoms with Gasteiger partial charge in [-0.15, -0.1) is 12.4 Å². The van der Waals surface area contributed by atoms with Crippen LogP contribution in [0.3, 0.4) is 0 Å². The third-order valence-electron chi connectivity index (χ3n) is 4.06. The van der Waals surface area contributed by atoms with Crippen molar-refractivity contribution in [2.24, 2.45) is 5.73 Å². The Bertz CT molecular complexity index is 706. The summed E-state index contributed by atoms with van der Waals surface area (Å²) in [4.78, 5) is 12.4. The number of ether oxygens (including phenoxy) is 2. The van der Waals surface area contributed by atoms with Crippen molar-refractivity contribution in [3.63, 3.8) is 0 Å². The minimum Gasteiger partial charge on any atom is -0.455 e. The quantitative estimate of drug-likeness (QED) is 0.851. The summed E-state index contributed by atoms with van der Waals surface area (Å²) in [5.74, 6) is 1.16. The van der Waals surface area contributed by atoms with Gasteiger partial charge >= 0.3 is 0 Å². The van der Waals surface area contributed by atoms with Crippen molar-refractivity contribution in [1.82, 2.24) is 0 Å². The molecule has 6 heteroatoms. The monoisotopic (exact) mass is 362 g/mol. The minimum atomic E-state index is -0.453. The molecule has 1 aliphatic heterocycles. The first-order valence-electron chi connectivity index (χ1n) is 8.15. The lowest BCUT2D eigenvalue weighted by atomic mass is 10.2. The number of carbonyl (C=O) groups is 1. The molecule has 0 saturated carbocycles. The van der Waals surface area contributed by atoms with Gasteiger partial charge in [0.25, 0.3) is 5.91 Å². The Labute approximate surface area is 153 Å². The maximum atomic E-state index is 12.4. The van der Waals surface area contributed by atoms with Gasteiger partial charge in [-0.3, -0.25) is 4.79 Å². The summed E-state index contributed by atoms with van der Waals surface area (Å²) in [6.45, 7) is 2.46. The van der Waals surface area contributed by atoms with Crippen molar-refractivity contribution < 1.29 is 14.3 Å². The number of para-hydroxylation sites is 2. The molecule has 3 N–H and O–H groups in total. The van der Waals surface area contributed by atoms with Crippen molar-refractivity contribution in [1.29, 1.82) is 0 Å². The number of carbonyl (C=O) groups excluding carboxylic acids is 1. The SMILES string of the molecule is Cc1ccc(Oc2ccccc2NC(=O)[C@@H]2CC[C@H](CN)O2)cc1.Cl. The summed E-state index contributed by atoms with van der Waals surface area (Å²) in [5, 5.41) is 2.90. The molecule has 0 aromatic heterocycles. The largest absolute Gasteiger partial charge is 0.455 e. The van der Waals surface area contributed by atoms with E-state index in [1.54, 1.807) is 0 Å². The zero-order valence-corrected chi connectivity index (χ0v) is 14.9. The van der Waals surface area contributed by atoms with Crippen LogP contribution in [0.15, 0.2) is 48.5 Å². The maximum Gasteiger partial charge on any atom is 0.253 e. The molecule has 0 unspecified atom stereocenters. The normalized spacial score (nSPS) is 19.1. The molecule has 0 radical (unpaired) electrons. The van der Waals surface area contributed by atoms with E-state index in [1.807, 2.05) is 55.5 Å². The van der Waals surface area contributed by atoms with Crippen LogP contribution in [0.2, 0.25) is 0 Å². The van der Waals surface area contributed by atoms with Crippen LogP contribution in [0.25, 0.3) is 0 Å². The van der Waals surface area contributed by atoms with Crippen LogP contribution >= 0.6 is 12.4 Å². The van der Waals surface area contributed by atoms with Gasteiger partial charge in [0, 0.05) is 6.54 Å². The van der Waals surface area contributed by atoms with Gasteiger partial charge in [0.2, 0.25) is 0 Å². The molecule has 1 fully saturated rings. The Kier molecular flexibility index (Phi) is 6.82. The fraction of sp³-hybridized carbons (Fsp3) is 0.316. The molecular weight excluding hydrogens is 340 g/mol. The number of halogens is 1. The van der Waals surface area contributed by atoms with E-state index in [-0.39, 0.29) is 24.4 Å². The Morgan fingerprint density at radius 1 is 1.20 bits per heavy atom. The van der Waals surface area contributed by atoms with Gasteiger partial charge in [0.15, 0.2) is 5.75 Å². The second-order valence-electron chi connectivity index (χ2n) is 5.96. The minimum absolute atomic E-state index is 0. The molecule has 25 heavy (non-hydrogen) atoms. The standard InChI is InChI=1S/C19H22N2O3.ClH/c1-13-6-8-14(9-7-13)23-17-5-3-2-4-16(17)21-19(22)18-11-10-15(12-20)24-18;/h2-9,15,18H,10-12,20H2,1H3,(H,21,22);1H/t15-,18+;/m1./s1. The highest BCUT2D eigenvalue weighted by atomic mass is 35.5. The van der Waals surface area contributed by atoms with E-state index in [4.69, 9.17) is 15.2 Å². The summed E-state index contributed by atoms with van der Waals surface area (Å²) in [5.41, 5.74) is 7.38. The van der Waals surface area contributed by atoms with Crippen molar-refractivity contribution in [3.05, 3.63) is 54.1 Å². The summed E-state index contributed by atoms with van der Waals surface area (Å²) in [6.07, 6.45) is 1.02. The fourth-order valence-electron chi connectivity index (χ4n) is 2.68. The molecule has 0 aliphatic carbocycles. The van der Waals surface area contributed by atoms with Crippen LogP contribution in [0.5, 0.6) is 11.5 Å². The number of aryl methyl sites for hydroxylation is 1. The second kappa shape index (κ2) is 8.85. The molecule has 1 saturated heterocycles. The third kappa shape index (κ3) is 4.95. The van der Waals surface area contributed by atoms with Crippen molar-refractivity contribution in [3.8, 4) is 11.5 Å². The number of nitrogens with one attached hydrogen (secondary N) is 1. The lowest BCUT2D eigenvalue weighted by Gasteiger charge is -2.15. The molecule has 2 aromatic carbocycles. The molecule has 1 heterocycles. The summed E-state index contributed by atoms with van der Waals surface area (Å²) >= 11 is 0. The van der Waals surface area contributed by atoms with E-state index >= 15 is 0 Å². The number of rotatable bonds is 5. The Balaban J connectivity index is 0.00000225. The van der Waals surface area contributed by atoms with Gasteiger partial charge in [0.1, 0.15) is 11.9 Å².